The molecule has 0 saturated carbocycles. The average Bonchev–Trinajstić information content (AvgIpc) is 3.09. The molecule has 0 atom stereocenters. The fourth-order valence-corrected chi connectivity index (χ4v) is 4.13. The van der Waals surface area contributed by atoms with E-state index in [1.165, 1.54) is 83.1 Å². The number of rotatable bonds is 17. The minimum Gasteiger partial charge on any atom is -0.458 e. The van der Waals surface area contributed by atoms with Crippen LogP contribution < -0.4 is 28.4 Å². The van der Waals surface area contributed by atoms with Crippen LogP contribution >= 0.6 is 95.6 Å². The van der Waals surface area contributed by atoms with E-state index >= 15 is 0 Å². The predicted molar refractivity (Wildman–Crippen MR) is 245 cm³/mol. The van der Waals surface area contributed by atoms with Gasteiger partial charge in [-0.25, -0.2) is 9.59 Å². The lowest BCUT2D eigenvalue weighted by atomic mass is 10.1. The molecule has 2 rings (SSSR count). The van der Waals surface area contributed by atoms with Gasteiger partial charge in [-0.15, -0.1) is 0 Å². The fourth-order valence-electron chi connectivity index (χ4n) is 3.64. The van der Waals surface area contributed by atoms with Crippen molar-refractivity contribution in [3.8, 4) is 34.5 Å². The molecule has 0 bridgehead atoms. The molecule has 0 radical (unpaired) electrons. The molecular formula is C40H44Br6O16. The van der Waals surface area contributed by atoms with Gasteiger partial charge in [0.2, 0.25) is 11.5 Å². The first kappa shape index (κ1) is 55.2. The molecule has 0 spiro atoms. The topological polar surface area (TPSA) is 210 Å². The van der Waals surface area contributed by atoms with Crippen LogP contribution in [0.15, 0.2) is 24.3 Å². The van der Waals surface area contributed by atoms with E-state index in [1.807, 2.05) is 0 Å². The number of alkyl halides is 6. The number of carbonyl (C=O) groups excluding carboxylic acids is 8. The summed E-state index contributed by atoms with van der Waals surface area (Å²) in [6, 6.07) is 4.07. The lowest BCUT2D eigenvalue weighted by Crippen LogP contribution is -2.32. The summed E-state index contributed by atoms with van der Waals surface area (Å²) in [7, 11) is 0. The minimum absolute atomic E-state index is 0.348. The van der Waals surface area contributed by atoms with Crippen LogP contribution in [-0.2, 0) is 38.2 Å². The number of halogens is 6. The van der Waals surface area contributed by atoms with E-state index in [1.54, 1.807) is 0 Å². The van der Waals surface area contributed by atoms with Crippen molar-refractivity contribution in [1.29, 1.82) is 0 Å². The Kier molecular flexibility index (Phi) is 18.6. The molecule has 0 aliphatic carbocycles. The largest absolute Gasteiger partial charge is 0.458 e. The average molecular weight is 1260 g/mol. The first-order valence-electron chi connectivity index (χ1n) is 18.0. The fraction of sp³-hybridized carbons (Fsp3) is 0.500. The van der Waals surface area contributed by atoms with Crippen molar-refractivity contribution in [2.24, 2.45) is 0 Å². The second-order valence-corrected chi connectivity index (χ2v) is 27.9. The molecule has 62 heavy (non-hydrogen) atoms. The molecule has 0 unspecified atom stereocenters. The molecule has 16 nitrogen and oxygen atoms in total. The SMILES string of the molecule is CC(C)(Br)C(=O)Oc1cc(C(=O)OCCOC(=O)c2cc(OC(=O)C(C)(C)Br)c(OC(=O)C(C)(C)Br)c(OC(=O)C(C)(C)Br)c2)cc(OC(=O)C(C)(C)Br)c1OC(=O)C(C)(C)Br. The molecule has 0 fully saturated rings. The summed E-state index contributed by atoms with van der Waals surface area (Å²) >= 11 is 19.2. The first-order valence-corrected chi connectivity index (χ1v) is 22.8. The van der Waals surface area contributed by atoms with Crippen LogP contribution in [0.2, 0.25) is 0 Å². The van der Waals surface area contributed by atoms with E-state index in [0.29, 0.717) is 0 Å². The Bertz CT molecular complexity index is 1860. The van der Waals surface area contributed by atoms with Crippen LogP contribution in [0, 0.1) is 0 Å². The van der Waals surface area contributed by atoms with Gasteiger partial charge in [-0.1, -0.05) is 95.6 Å². The van der Waals surface area contributed by atoms with Gasteiger partial charge in [-0.05, 0) is 107 Å². The summed E-state index contributed by atoms with van der Waals surface area (Å²) in [5, 5.41) is 0. The van der Waals surface area contributed by atoms with Gasteiger partial charge >= 0.3 is 47.8 Å². The number of esters is 8. The lowest BCUT2D eigenvalue weighted by molar-refractivity contribution is -0.139. The van der Waals surface area contributed by atoms with E-state index in [4.69, 9.17) is 37.9 Å². The highest BCUT2D eigenvalue weighted by molar-refractivity contribution is 9.11. The van der Waals surface area contributed by atoms with Gasteiger partial charge in [0, 0.05) is 0 Å². The Balaban J connectivity index is 2.57. The Morgan fingerprint density at radius 3 is 0.710 bits per heavy atom. The molecular weight excluding hydrogens is 1220 g/mol. The van der Waals surface area contributed by atoms with Crippen molar-refractivity contribution in [2.45, 2.75) is 109 Å². The monoisotopic (exact) mass is 1250 g/mol. The second-order valence-electron chi connectivity index (χ2n) is 16.0. The van der Waals surface area contributed by atoms with Gasteiger partial charge in [0.25, 0.3) is 0 Å². The van der Waals surface area contributed by atoms with E-state index < -0.39 is 121 Å². The molecule has 2 aromatic rings. The third-order valence-electron chi connectivity index (χ3n) is 7.18. The van der Waals surface area contributed by atoms with Crippen molar-refractivity contribution in [1.82, 2.24) is 0 Å². The highest BCUT2D eigenvalue weighted by atomic mass is 79.9. The van der Waals surface area contributed by atoms with Crippen LogP contribution in [0.4, 0.5) is 0 Å². The molecule has 0 N–H and O–H groups in total. The van der Waals surface area contributed by atoms with Crippen molar-refractivity contribution < 1.29 is 76.3 Å². The van der Waals surface area contributed by atoms with Crippen LogP contribution in [0.3, 0.4) is 0 Å². The van der Waals surface area contributed by atoms with Gasteiger partial charge in [-0.3, -0.25) is 28.8 Å². The van der Waals surface area contributed by atoms with Gasteiger partial charge in [-0.2, -0.15) is 0 Å². The van der Waals surface area contributed by atoms with Gasteiger partial charge in [0.05, 0.1) is 11.1 Å². The maximum absolute atomic E-state index is 13.4. The van der Waals surface area contributed by atoms with Crippen LogP contribution in [0.25, 0.3) is 0 Å². The molecule has 342 valence electrons. The lowest BCUT2D eigenvalue weighted by Gasteiger charge is -2.22. The van der Waals surface area contributed by atoms with Crippen molar-refractivity contribution >= 4 is 143 Å². The molecule has 0 amide bonds. The molecule has 0 aromatic heterocycles. The maximum atomic E-state index is 13.4. The van der Waals surface area contributed by atoms with Gasteiger partial charge in [0.1, 0.15) is 39.2 Å². The molecule has 0 saturated heterocycles. The number of benzene rings is 2. The highest BCUT2D eigenvalue weighted by Crippen LogP contribution is 2.44. The normalized spacial score (nSPS) is 12.4. The number of hydrogen-bond acceptors (Lipinski definition) is 16. The Hall–Kier alpha value is -2.92. The summed E-state index contributed by atoms with van der Waals surface area (Å²) in [5.41, 5.74) is -0.697. The van der Waals surface area contributed by atoms with Gasteiger partial charge < -0.3 is 37.9 Å². The zero-order chi connectivity index (χ0) is 48.1. The van der Waals surface area contributed by atoms with Crippen LogP contribution in [0.1, 0.15) is 104 Å². The van der Waals surface area contributed by atoms with E-state index in [-0.39, 0.29) is 11.1 Å². The molecule has 0 heterocycles. The zero-order valence-corrected chi connectivity index (χ0v) is 45.0. The molecule has 0 aliphatic heterocycles. The maximum Gasteiger partial charge on any atom is 0.338 e. The summed E-state index contributed by atoms with van der Waals surface area (Å²) in [4.78, 5) is 105. The zero-order valence-electron chi connectivity index (χ0n) is 35.5. The Morgan fingerprint density at radius 1 is 0.355 bits per heavy atom. The standard InChI is InChI=1S/C40H44Br6O16/c1-35(2,41)29(49)57-21-15-19(16-22(58-30(50)36(3,4)42)25(21)61-33(53)39(9,10)45)27(47)55-13-14-56-28(48)20-17-23(59-31(51)37(5,6)43)26(62-34(54)40(11,12)46)24(18-20)60-32(52)38(7,8)44/h15-18H,13-14H2,1-12H3. The Labute approximate surface area is 408 Å². The van der Waals surface area contributed by atoms with Gasteiger partial charge in [0.15, 0.2) is 23.0 Å². The quantitative estimate of drug-likeness (QED) is 0.0625. The van der Waals surface area contributed by atoms with Crippen LogP contribution in [-0.4, -0.2) is 86.9 Å². The third kappa shape index (κ3) is 16.6. The number of hydrogen-bond donors (Lipinski definition) is 0. The summed E-state index contributed by atoms with van der Waals surface area (Å²) < 4.78 is 36.2. The van der Waals surface area contributed by atoms with Crippen LogP contribution in [0.5, 0.6) is 34.5 Å². The van der Waals surface area contributed by atoms with E-state index in [9.17, 15) is 38.4 Å². The number of carbonyl (C=O) groups is 8. The summed E-state index contributed by atoms with van der Waals surface area (Å²) in [6.45, 7) is 16.5. The Morgan fingerprint density at radius 2 is 0.532 bits per heavy atom. The second kappa shape index (κ2) is 20.9. The summed E-state index contributed by atoms with van der Waals surface area (Å²) in [5.74, 6) is -10.5. The van der Waals surface area contributed by atoms with Crippen molar-refractivity contribution in [2.75, 3.05) is 13.2 Å². The first-order chi connectivity index (χ1) is 27.8. The van der Waals surface area contributed by atoms with E-state index in [0.717, 1.165) is 24.3 Å². The summed E-state index contributed by atoms with van der Waals surface area (Å²) in [6.07, 6.45) is 0. The predicted octanol–water partition coefficient (Wildman–Crippen LogP) is 9.17. The van der Waals surface area contributed by atoms with E-state index in [2.05, 4.69) is 95.6 Å². The smallest absolute Gasteiger partial charge is 0.338 e. The highest BCUT2D eigenvalue weighted by Gasteiger charge is 2.37. The molecule has 22 heteroatoms. The number of ether oxygens (including phenoxy) is 8. The minimum atomic E-state index is -1.27. The molecule has 0 aliphatic rings. The third-order valence-corrected chi connectivity index (χ3v) is 9.12. The van der Waals surface area contributed by atoms with Crippen molar-refractivity contribution in [3.05, 3.63) is 35.4 Å². The van der Waals surface area contributed by atoms with Crippen molar-refractivity contribution in [3.63, 3.8) is 0 Å². The molecule has 2 aromatic carbocycles.